The van der Waals surface area contributed by atoms with Crippen LogP contribution in [0.25, 0.3) is 0 Å². The number of sulfonamides is 1. The predicted octanol–water partition coefficient (Wildman–Crippen LogP) is 2.17. The number of hydrogen-bond donors (Lipinski definition) is 2. The van der Waals surface area contributed by atoms with Crippen molar-refractivity contribution in [3.05, 3.63) is 59.2 Å². The van der Waals surface area contributed by atoms with Gasteiger partial charge in [-0.05, 0) is 42.3 Å². The number of amides is 1. The van der Waals surface area contributed by atoms with Crippen molar-refractivity contribution < 1.29 is 26.7 Å². The van der Waals surface area contributed by atoms with Gasteiger partial charge in [0.25, 0.3) is 5.91 Å². The Hall–Kier alpha value is -2.52. The van der Waals surface area contributed by atoms with Crippen LogP contribution < -0.4 is 15.2 Å². The third-order valence-corrected chi connectivity index (χ3v) is 4.29. The van der Waals surface area contributed by atoms with Gasteiger partial charge < -0.3 is 10.1 Å². The van der Waals surface area contributed by atoms with Crippen molar-refractivity contribution in [3.8, 4) is 5.75 Å². The van der Waals surface area contributed by atoms with Crippen LogP contribution in [0.4, 0.5) is 8.78 Å². The second-order valence-electron chi connectivity index (χ2n) is 5.23. The lowest BCUT2D eigenvalue weighted by Crippen LogP contribution is -2.24. The first-order valence-corrected chi connectivity index (χ1v) is 8.67. The number of nitrogens with two attached hydrogens (primary N) is 1. The van der Waals surface area contributed by atoms with E-state index >= 15 is 0 Å². The molecule has 0 bridgehead atoms. The minimum atomic E-state index is -3.91. The standard InChI is InChI=1S/C16H16F2N2O4S/c1-10-2-7-13(25(19,22)23)8-14(10)15(21)20-9-11-3-5-12(6-4-11)24-16(17)18/h2-8,16H,9H2,1H3,(H,20,21)(H2,19,22,23). The summed E-state index contributed by atoms with van der Waals surface area (Å²) >= 11 is 0. The van der Waals surface area contributed by atoms with Gasteiger partial charge in [-0.15, -0.1) is 0 Å². The SMILES string of the molecule is Cc1ccc(S(N)(=O)=O)cc1C(=O)NCc1ccc(OC(F)F)cc1. The molecule has 9 heteroatoms. The number of carbonyl (C=O) groups excluding carboxylic acids is 1. The van der Waals surface area contributed by atoms with E-state index in [9.17, 15) is 22.0 Å². The van der Waals surface area contributed by atoms with Crippen molar-refractivity contribution >= 4 is 15.9 Å². The molecule has 134 valence electrons. The summed E-state index contributed by atoms with van der Waals surface area (Å²) in [4.78, 5) is 12.1. The average Bonchev–Trinajstić information content (AvgIpc) is 2.52. The van der Waals surface area contributed by atoms with Crippen LogP contribution in [-0.2, 0) is 16.6 Å². The van der Waals surface area contributed by atoms with Gasteiger partial charge in [0, 0.05) is 12.1 Å². The molecule has 0 aliphatic rings. The van der Waals surface area contributed by atoms with Gasteiger partial charge in [-0.2, -0.15) is 8.78 Å². The van der Waals surface area contributed by atoms with Crippen molar-refractivity contribution in [3.63, 3.8) is 0 Å². The molecule has 0 aliphatic carbocycles. The molecule has 6 nitrogen and oxygen atoms in total. The zero-order valence-corrected chi connectivity index (χ0v) is 14.0. The van der Waals surface area contributed by atoms with Crippen LogP contribution in [0.5, 0.6) is 5.75 Å². The van der Waals surface area contributed by atoms with E-state index < -0.39 is 22.5 Å². The van der Waals surface area contributed by atoms with E-state index in [1.54, 1.807) is 6.92 Å². The molecule has 2 aromatic carbocycles. The third kappa shape index (κ3) is 5.23. The summed E-state index contributed by atoms with van der Waals surface area (Å²) in [5.41, 5.74) is 1.44. The Morgan fingerprint density at radius 2 is 1.84 bits per heavy atom. The molecule has 2 rings (SSSR count). The van der Waals surface area contributed by atoms with E-state index in [0.29, 0.717) is 11.1 Å². The summed E-state index contributed by atoms with van der Waals surface area (Å²) in [6, 6.07) is 9.81. The number of carbonyl (C=O) groups is 1. The molecule has 0 aliphatic heterocycles. The number of rotatable bonds is 6. The maximum Gasteiger partial charge on any atom is 0.387 e. The molecular weight excluding hydrogens is 354 g/mol. The zero-order chi connectivity index (χ0) is 18.6. The highest BCUT2D eigenvalue weighted by Crippen LogP contribution is 2.16. The largest absolute Gasteiger partial charge is 0.435 e. The Bertz CT molecular complexity index is 868. The number of halogens is 2. The zero-order valence-electron chi connectivity index (χ0n) is 13.2. The fourth-order valence-electron chi connectivity index (χ4n) is 2.09. The van der Waals surface area contributed by atoms with Crippen LogP contribution in [-0.4, -0.2) is 20.9 Å². The number of ether oxygens (including phenoxy) is 1. The lowest BCUT2D eigenvalue weighted by Gasteiger charge is -2.10. The van der Waals surface area contributed by atoms with E-state index in [-0.39, 0.29) is 22.8 Å². The summed E-state index contributed by atoms with van der Waals surface area (Å²) in [6.07, 6.45) is 0. The predicted molar refractivity (Wildman–Crippen MR) is 86.8 cm³/mol. The highest BCUT2D eigenvalue weighted by atomic mass is 32.2. The van der Waals surface area contributed by atoms with Crippen molar-refractivity contribution in [2.45, 2.75) is 25.0 Å². The number of alkyl halides is 2. The highest BCUT2D eigenvalue weighted by molar-refractivity contribution is 7.89. The van der Waals surface area contributed by atoms with Gasteiger partial charge in [-0.3, -0.25) is 4.79 Å². The number of aryl methyl sites for hydroxylation is 1. The van der Waals surface area contributed by atoms with Gasteiger partial charge in [-0.25, -0.2) is 13.6 Å². The van der Waals surface area contributed by atoms with Crippen LogP contribution >= 0.6 is 0 Å². The maximum absolute atomic E-state index is 12.3. The van der Waals surface area contributed by atoms with Crippen molar-refractivity contribution in [2.24, 2.45) is 5.14 Å². The number of primary sulfonamides is 1. The second kappa shape index (κ2) is 7.58. The third-order valence-electron chi connectivity index (χ3n) is 3.38. The summed E-state index contributed by atoms with van der Waals surface area (Å²) < 4.78 is 51.2. The Kier molecular flexibility index (Phi) is 5.70. The van der Waals surface area contributed by atoms with Crippen molar-refractivity contribution in [2.75, 3.05) is 0 Å². The molecule has 0 unspecified atom stereocenters. The smallest absolute Gasteiger partial charge is 0.387 e. The van der Waals surface area contributed by atoms with Crippen molar-refractivity contribution in [1.29, 1.82) is 0 Å². The average molecular weight is 370 g/mol. The Morgan fingerprint density at radius 3 is 2.40 bits per heavy atom. The maximum atomic E-state index is 12.3. The van der Waals surface area contributed by atoms with Gasteiger partial charge in [0.05, 0.1) is 4.90 Å². The lowest BCUT2D eigenvalue weighted by atomic mass is 10.1. The molecule has 0 saturated heterocycles. The highest BCUT2D eigenvalue weighted by Gasteiger charge is 2.14. The van der Waals surface area contributed by atoms with Crippen LogP contribution in [0.2, 0.25) is 0 Å². The van der Waals surface area contributed by atoms with E-state index in [2.05, 4.69) is 10.1 Å². The van der Waals surface area contributed by atoms with Crippen LogP contribution in [0.15, 0.2) is 47.4 Å². The fourth-order valence-corrected chi connectivity index (χ4v) is 2.63. The molecule has 0 heterocycles. The molecule has 0 spiro atoms. The Balaban J connectivity index is 2.07. The van der Waals surface area contributed by atoms with Crippen LogP contribution in [0, 0.1) is 6.92 Å². The van der Waals surface area contributed by atoms with Crippen LogP contribution in [0.3, 0.4) is 0 Å². The van der Waals surface area contributed by atoms with Gasteiger partial charge in [-0.1, -0.05) is 18.2 Å². The van der Waals surface area contributed by atoms with Crippen molar-refractivity contribution in [1.82, 2.24) is 5.32 Å². The molecule has 0 atom stereocenters. The second-order valence-corrected chi connectivity index (χ2v) is 6.79. The lowest BCUT2D eigenvalue weighted by molar-refractivity contribution is -0.0498. The Labute approximate surface area is 143 Å². The number of nitrogens with one attached hydrogen (secondary N) is 1. The van der Waals surface area contributed by atoms with E-state index in [4.69, 9.17) is 5.14 Å². The first kappa shape index (κ1) is 18.8. The quantitative estimate of drug-likeness (QED) is 0.814. The monoisotopic (exact) mass is 370 g/mol. The molecule has 0 aromatic heterocycles. The van der Waals surface area contributed by atoms with E-state index in [0.717, 1.165) is 0 Å². The number of hydrogen-bond acceptors (Lipinski definition) is 4. The van der Waals surface area contributed by atoms with Crippen LogP contribution in [0.1, 0.15) is 21.5 Å². The Morgan fingerprint density at radius 1 is 1.20 bits per heavy atom. The summed E-state index contributed by atoms with van der Waals surface area (Å²) in [6.45, 7) is -1.11. The van der Waals surface area contributed by atoms with Gasteiger partial charge in [0.1, 0.15) is 5.75 Å². The fraction of sp³-hybridized carbons (Fsp3) is 0.188. The normalized spacial score (nSPS) is 11.4. The van der Waals surface area contributed by atoms with Gasteiger partial charge in [0.2, 0.25) is 10.0 Å². The first-order valence-electron chi connectivity index (χ1n) is 7.12. The minimum absolute atomic E-state index is 0.0155. The molecule has 25 heavy (non-hydrogen) atoms. The molecule has 3 N–H and O–H groups in total. The molecular formula is C16H16F2N2O4S. The molecule has 0 radical (unpaired) electrons. The molecule has 1 amide bonds. The first-order chi connectivity index (χ1) is 11.7. The van der Waals surface area contributed by atoms with E-state index in [1.165, 1.54) is 42.5 Å². The topological polar surface area (TPSA) is 98.5 Å². The molecule has 0 saturated carbocycles. The van der Waals surface area contributed by atoms with Gasteiger partial charge >= 0.3 is 6.61 Å². The molecule has 0 fully saturated rings. The summed E-state index contributed by atoms with van der Waals surface area (Å²) in [5, 5.41) is 7.70. The summed E-state index contributed by atoms with van der Waals surface area (Å²) in [5.74, 6) is -0.460. The molecule has 2 aromatic rings. The van der Waals surface area contributed by atoms with E-state index in [1.807, 2.05) is 0 Å². The summed E-state index contributed by atoms with van der Waals surface area (Å²) in [7, 11) is -3.91. The minimum Gasteiger partial charge on any atom is -0.435 e. The number of benzene rings is 2. The van der Waals surface area contributed by atoms with Gasteiger partial charge in [0.15, 0.2) is 0 Å².